The van der Waals surface area contributed by atoms with Crippen molar-refractivity contribution in [3.05, 3.63) is 42.0 Å². The lowest BCUT2D eigenvalue weighted by molar-refractivity contribution is 0.0697. The number of hydrogen-bond acceptors (Lipinski definition) is 3. The van der Waals surface area contributed by atoms with E-state index in [1.807, 2.05) is 0 Å². The Hall–Kier alpha value is -2.34. The summed E-state index contributed by atoms with van der Waals surface area (Å²) in [5.74, 6) is -1.07. The maximum atomic E-state index is 12.2. The number of carboxylic acids is 1. The lowest BCUT2D eigenvalue weighted by atomic mass is 10.1. The maximum Gasteiger partial charge on any atom is 0.338 e. The van der Waals surface area contributed by atoms with Crippen LogP contribution in [0.25, 0.3) is 0 Å². The first-order chi connectivity index (χ1) is 10.0. The highest BCUT2D eigenvalue weighted by molar-refractivity contribution is 6.01. The van der Waals surface area contributed by atoms with Crippen molar-refractivity contribution in [2.24, 2.45) is 0 Å². The van der Waals surface area contributed by atoms with E-state index in [1.165, 1.54) is 4.90 Å². The molecule has 1 aromatic carbocycles. The van der Waals surface area contributed by atoms with E-state index in [0.717, 1.165) is 0 Å². The van der Waals surface area contributed by atoms with Crippen molar-refractivity contribution in [1.82, 2.24) is 4.90 Å². The summed E-state index contributed by atoms with van der Waals surface area (Å²) in [6.45, 7) is 6.42. The number of rotatable bonds is 7. The number of ether oxygens (including phenoxy) is 1. The summed E-state index contributed by atoms with van der Waals surface area (Å²) in [5.41, 5.74) is 0.961. The number of nitrogens with zero attached hydrogens (tertiary/aromatic N) is 1. The number of carboxylic acid groups (broad SMARTS) is 1. The van der Waals surface area contributed by atoms with Crippen LogP contribution in [0.1, 0.15) is 15.9 Å². The molecule has 0 fully saturated rings. The first kappa shape index (κ1) is 16.7. The van der Waals surface area contributed by atoms with Crippen molar-refractivity contribution in [2.75, 3.05) is 32.1 Å². The lowest BCUT2D eigenvalue weighted by Crippen LogP contribution is -2.37. The zero-order valence-electron chi connectivity index (χ0n) is 12.3. The van der Waals surface area contributed by atoms with Gasteiger partial charge in [0.1, 0.15) is 0 Å². The fourth-order valence-electron chi connectivity index (χ4n) is 1.88. The Kier molecular flexibility index (Phi) is 6.42. The fraction of sp³-hybridized carbons (Fsp3) is 0.333. The van der Waals surface area contributed by atoms with Crippen LogP contribution in [-0.2, 0) is 4.74 Å². The predicted molar refractivity (Wildman–Crippen MR) is 80.8 cm³/mol. The molecule has 0 radical (unpaired) electrons. The number of anilines is 1. The van der Waals surface area contributed by atoms with E-state index in [-0.39, 0.29) is 17.3 Å². The van der Waals surface area contributed by atoms with Gasteiger partial charge in [0, 0.05) is 20.2 Å². The molecule has 1 aromatic rings. The minimum Gasteiger partial charge on any atom is -0.478 e. The van der Waals surface area contributed by atoms with Gasteiger partial charge in [0.15, 0.2) is 0 Å². The number of carbonyl (C=O) groups excluding carboxylic acids is 1. The summed E-state index contributed by atoms with van der Waals surface area (Å²) in [7, 11) is 1.55. The summed E-state index contributed by atoms with van der Waals surface area (Å²) >= 11 is 0. The molecule has 0 aliphatic carbocycles. The smallest absolute Gasteiger partial charge is 0.338 e. The van der Waals surface area contributed by atoms with Gasteiger partial charge in [-0.25, -0.2) is 9.59 Å². The third-order valence-corrected chi connectivity index (χ3v) is 2.93. The lowest BCUT2D eigenvalue weighted by Gasteiger charge is -2.22. The van der Waals surface area contributed by atoms with Gasteiger partial charge in [-0.05, 0) is 18.6 Å². The molecule has 0 bridgehead atoms. The number of amides is 2. The summed E-state index contributed by atoms with van der Waals surface area (Å²) in [5, 5.41) is 11.9. The van der Waals surface area contributed by atoms with Crippen LogP contribution < -0.4 is 5.32 Å². The molecule has 21 heavy (non-hydrogen) atoms. The van der Waals surface area contributed by atoms with Gasteiger partial charge in [0.05, 0.1) is 17.9 Å². The summed E-state index contributed by atoms with van der Waals surface area (Å²) in [6.07, 6.45) is 1.60. The highest BCUT2D eigenvalue weighted by Gasteiger charge is 2.17. The number of methoxy groups -OCH3 is 1. The Labute approximate surface area is 124 Å². The van der Waals surface area contributed by atoms with Gasteiger partial charge in [-0.1, -0.05) is 18.2 Å². The predicted octanol–water partition coefficient (Wildman–Crippen LogP) is 2.36. The molecule has 0 aliphatic rings. The highest BCUT2D eigenvalue weighted by atomic mass is 16.5. The molecule has 114 valence electrons. The van der Waals surface area contributed by atoms with Gasteiger partial charge in [0.25, 0.3) is 0 Å². The zero-order chi connectivity index (χ0) is 15.8. The number of urea groups is 1. The molecule has 2 amide bonds. The molecular weight excluding hydrogens is 272 g/mol. The maximum absolute atomic E-state index is 12.2. The number of carbonyl (C=O) groups is 2. The Balaban J connectivity index is 2.93. The average molecular weight is 292 g/mol. The molecular formula is C15H20N2O4. The second-order valence-corrected chi connectivity index (χ2v) is 4.46. The standard InChI is InChI=1S/C15H20N2O4/c1-4-8-17(9-10-21-3)15(20)16-12-7-5-6-11(2)13(12)14(18)19/h4-7H,1,8-10H2,2-3H3,(H,16,20)(H,18,19). The Morgan fingerprint density at radius 1 is 1.48 bits per heavy atom. The normalized spacial score (nSPS) is 10.0. The molecule has 0 aromatic heterocycles. The van der Waals surface area contributed by atoms with Crippen molar-refractivity contribution >= 4 is 17.7 Å². The molecule has 6 heteroatoms. The minimum absolute atomic E-state index is 0.0937. The van der Waals surface area contributed by atoms with Gasteiger partial charge in [0.2, 0.25) is 0 Å². The number of benzene rings is 1. The van der Waals surface area contributed by atoms with Crippen molar-refractivity contribution in [3.8, 4) is 0 Å². The van der Waals surface area contributed by atoms with E-state index >= 15 is 0 Å². The molecule has 1 rings (SSSR count). The van der Waals surface area contributed by atoms with E-state index in [4.69, 9.17) is 4.74 Å². The van der Waals surface area contributed by atoms with E-state index in [2.05, 4.69) is 11.9 Å². The Morgan fingerprint density at radius 3 is 2.76 bits per heavy atom. The molecule has 0 atom stereocenters. The van der Waals surface area contributed by atoms with Crippen LogP contribution in [0.5, 0.6) is 0 Å². The van der Waals surface area contributed by atoms with Crippen LogP contribution >= 0.6 is 0 Å². The first-order valence-corrected chi connectivity index (χ1v) is 6.50. The van der Waals surface area contributed by atoms with Crippen LogP contribution in [0.15, 0.2) is 30.9 Å². The van der Waals surface area contributed by atoms with Crippen molar-refractivity contribution in [2.45, 2.75) is 6.92 Å². The van der Waals surface area contributed by atoms with Gasteiger partial charge in [-0.15, -0.1) is 6.58 Å². The minimum atomic E-state index is -1.07. The molecule has 0 saturated carbocycles. The summed E-state index contributed by atoms with van der Waals surface area (Å²) < 4.78 is 4.95. The van der Waals surface area contributed by atoms with Crippen LogP contribution in [-0.4, -0.2) is 48.8 Å². The van der Waals surface area contributed by atoms with Crippen LogP contribution in [0, 0.1) is 6.92 Å². The third kappa shape index (κ3) is 4.61. The summed E-state index contributed by atoms with van der Waals surface area (Å²) in [6, 6.07) is 4.56. The van der Waals surface area contributed by atoms with Crippen molar-refractivity contribution in [3.63, 3.8) is 0 Å². The molecule has 6 nitrogen and oxygen atoms in total. The average Bonchev–Trinajstić information content (AvgIpc) is 2.43. The topological polar surface area (TPSA) is 78.9 Å². The van der Waals surface area contributed by atoms with E-state index in [9.17, 15) is 14.7 Å². The molecule has 0 spiro atoms. The van der Waals surface area contributed by atoms with E-state index in [0.29, 0.717) is 25.3 Å². The van der Waals surface area contributed by atoms with Gasteiger partial charge in [-0.2, -0.15) is 0 Å². The van der Waals surface area contributed by atoms with E-state index < -0.39 is 5.97 Å². The number of hydrogen-bond donors (Lipinski definition) is 2. The van der Waals surface area contributed by atoms with Gasteiger partial charge >= 0.3 is 12.0 Å². The van der Waals surface area contributed by atoms with Gasteiger partial charge in [-0.3, -0.25) is 0 Å². The zero-order valence-corrected chi connectivity index (χ0v) is 12.3. The second kappa shape index (κ2) is 8.06. The van der Waals surface area contributed by atoms with Crippen LogP contribution in [0.4, 0.5) is 10.5 Å². The fourth-order valence-corrected chi connectivity index (χ4v) is 1.88. The largest absolute Gasteiger partial charge is 0.478 e. The molecule has 0 aliphatic heterocycles. The third-order valence-electron chi connectivity index (χ3n) is 2.93. The second-order valence-electron chi connectivity index (χ2n) is 4.46. The highest BCUT2D eigenvalue weighted by Crippen LogP contribution is 2.20. The van der Waals surface area contributed by atoms with Crippen molar-refractivity contribution in [1.29, 1.82) is 0 Å². The number of aryl methyl sites for hydroxylation is 1. The molecule has 2 N–H and O–H groups in total. The van der Waals surface area contributed by atoms with E-state index in [1.54, 1.807) is 38.3 Å². The van der Waals surface area contributed by atoms with Crippen LogP contribution in [0.3, 0.4) is 0 Å². The van der Waals surface area contributed by atoms with Gasteiger partial charge < -0.3 is 20.1 Å². The monoisotopic (exact) mass is 292 g/mol. The quantitative estimate of drug-likeness (QED) is 0.756. The van der Waals surface area contributed by atoms with Crippen molar-refractivity contribution < 1.29 is 19.4 Å². The Morgan fingerprint density at radius 2 is 2.19 bits per heavy atom. The molecule has 0 heterocycles. The number of nitrogens with one attached hydrogen (secondary N) is 1. The number of aromatic carboxylic acids is 1. The molecule has 0 saturated heterocycles. The SMILES string of the molecule is C=CCN(CCOC)C(=O)Nc1cccc(C)c1C(=O)O. The van der Waals surface area contributed by atoms with Crippen LogP contribution in [0.2, 0.25) is 0 Å². The molecule has 0 unspecified atom stereocenters. The Bertz CT molecular complexity index is 528. The first-order valence-electron chi connectivity index (χ1n) is 6.50. The summed E-state index contributed by atoms with van der Waals surface area (Å²) in [4.78, 5) is 25.0.